The highest BCUT2D eigenvalue weighted by Gasteiger charge is 2.47. The molecule has 3 amide bonds. The average Bonchev–Trinajstić information content (AvgIpc) is 2.76. The van der Waals surface area contributed by atoms with Crippen molar-refractivity contribution >= 4 is 11.9 Å². The highest BCUT2D eigenvalue weighted by molar-refractivity contribution is 6.06. The van der Waals surface area contributed by atoms with Gasteiger partial charge >= 0.3 is 6.03 Å². The van der Waals surface area contributed by atoms with Crippen molar-refractivity contribution in [3.05, 3.63) is 30.1 Å². The molecule has 132 valence electrons. The molecule has 1 aromatic carbocycles. The van der Waals surface area contributed by atoms with E-state index in [-0.39, 0.29) is 24.9 Å². The van der Waals surface area contributed by atoms with Crippen LogP contribution in [0.5, 0.6) is 5.75 Å². The normalized spacial score (nSPS) is 21.8. The van der Waals surface area contributed by atoms with Gasteiger partial charge in [0.25, 0.3) is 5.91 Å². The number of carbonyl (C=O) groups is 2. The number of halogens is 1. The van der Waals surface area contributed by atoms with Crippen molar-refractivity contribution in [1.82, 2.24) is 10.2 Å². The van der Waals surface area contributed by atoms with Crippen LogP contribution in [0.15, 0.2) is 24.3 Å². The molecule has 0 saturated carbocycles. The molecule has 0 radical (unpaired) electrons. The first-order chi connectivity index (χ1) is 11.4. The molecule has 0 aliphatic carbocycles. The van der Waals surface area contributed by atoms with E-state index in [9.17, 15) is 19.1 Å². The molecule has 1 aromatic rings. The van der Waals surface area contributed by atoms with Crippen LogP contribution in [0.3, 0.4) is 0 Å². The molecule has 24 heavy (non-hydrogen) atoms. The Kier molecular flexibility index (Phi) is 5.77. The van der Waals surface area contributed by atoms with Crippen molar-refractivity contribution in [3.63, 3.8) is 0 Å². The predicted molar refractivity (Wildman–Crippen MR) is 86.1 cm³/mol. The first-order valence-electron chi connectivity index (χ1n) is 8.06. The highest BCUT2D eigenvalue weighted by Crippen LogP contribution is 2.23. The van der Waals surface area contributed by atoms with E-state index < -0.39 is 17.7 Å². The summed E-state index contributed by atoms with van der Waals surface area (Å²) in [6.45, 7) is 3.46. The summed E-state index contributed by atoms with van der Waals surface area (Å²) in [5, 5.41) is 12.7. The molecule has 2 atom stereocenters. The zero-order chi connectivity index (χ0) is 17.7. The molecule has 1 heterocycles. The van der Waals surface area contributed by atoms with Crippen LogP contribution < -0.4 is 10.1 Å². The van der Waals surface area contributed by atoms with Crippen LogP contribution in [0.4, 0.5) is 9.18 Å². The third kappa shape index (κ3) is 4.23. The van der Waals surface area contributed by atoms with Crippen molar-refractivity contribution in [2.75, 3.05) is 13.2 Å². The maximum absolute atomic E-state index is 12.8. The highest BCUT2D eigenvalue weighted by atomic mass is 19.1. The smallest absolute Gasteiger partial charge is 0.325 e. The summed E-state index contributed by atoms with van der Waals surface area (Å²) >= 11 is 0. The summed E-state index contributed by atoms with van der Waals surface area (Å²) < 4.78 is 18.1. The Labute approximate surface area is 140 Å². The van der Waals surface area contributed by atoms with Crippen LogP contribution in [0.25, 0.3) is 0 Å². The average molecular weight is 338 g/mol. The van der Waals surface area contributed by atoms with Gasteiger partial charge in [0.05, 0.1) is 6.54 Å². The topological polar surface area (TPSA) is 78.9 Å². The molecule has 1 aliphatic rings. The van der Waals surface area contributed by atoms with Gasteiger partial charge in [-0.15, -0.1) is 0 Å². The molecule has 0 bridgehead atoms. The lowest BCUT2D eigenvalue weighted by Crippen LogP contribution is -2.44. The number of rotatable bonds is 8. The summed E-state index contributed by atoms with van der Waals surface area (Å²) in [5.41, 5.74) is -0.912. The Morgan fingerprint density at radius 1 is 1.33 bits per heavy atom. The van der Waals surface area contributed by atoms with E-state index in [1.165, 1.54) is 24.3 Å². The number of aliphatic hydroxyl groups is 1. The molecule has 2 N–H and O–H groups in total. The van der Waals surface area contributed by atoms with E-state index in [0.717, 1.165) is 17.7 Å². The predicted octanol–water partition coefficient (Wildman–Crippen LogP) is 2.07. The quantitative estimate of drug-likeness (QED) is 0.711. The second-order valence-electron chi connectivity index (χ2n) is 6.20. The van der Waals surface area contributed by atoms with Crippen molar-refractivity contribution in [2.24, 2.45) is 0 Å². The fourth-order valence-corrected chi connectivity index (χ4v) is 2.60. The molecule has 0 aromatic heterocycles. The van der Waals surface area contributed by atoms with Gasteiger partial charge in [0.1, 0.15) is 29.8 Å². The second-order valence-corrected chi connectivity index (χ2v) is 6.20. The first-order valence-corrected chi connectivity index (χ1v) is 8.06. The molecular weight excluding hydrogens is 315 g/mol. The number of hydrogen-bond acceptors (Lipinski definition) is 4. The van der Waals surface area contributed by atoms with Crippen molar-refractivity contribution < 1.29 is 23.8 Å². The lowest BCUT2D eigenvalue weighted by atomic mass is 9.95. The largest absolute Gasteiger partial charge is 0.491 e. The van der Waals surface area contributed by atoms with Crippen LogP contribution in [-0.4, -0.2) is 46.7 Å². The number of urea groups is 1. The monoisotopic (exact) mass is 338 g/mol. The van der Waals surface area contributed by atoms with E-state index in [1.807, 2.05) is 6.92 Å². The number of β-amino-alcohol motifs (C(OH)–C–C–N with tert-alkyl or cyclic N) is 1. The minimum Gasteiger partial charge on any atom is -0.491 e. The lowest BCUT2D eigenvalue weighted by Gasteiger charge is -2.22. The number of nitrogens with zero attached hydrogens (tertiary/aromatic N) is 1. The summed E-state index contributed by atoms with van der Waals surface area (Å²) in [6, 6.07) is 4.88. The molecule has 2 rings (SSSR count). The molecule has 1 aliphatic heterocycles. The fraction of sp³-hybridized carbons (Fsp3) is 0.529. The zero-order valence-corrected chi connectivity index (χ0v) is 13.9. The van der Waals surface area contributed by atoms with Gasteiger partial charge in [0.2, 0.25) is 0 Å². The first kappa shape index (κ1) is 18.2. The van der Waals surface area contributed by atoms with E-state index in [0.29, 0.717) is 12.2 Å². The van der Waals surface area contributed by atoms with Crippen LogP contribution in [-0.2, 0) is 4.79 Å². The fourth-order valence-electron chi connectivity index (χ4n) is 2.60. The second kappa shape index (κ2) is 7.61. The Morgan fingerprint density at radius 2 is 2.00 bits per heavy atom. The number of unbranched alkanes of at least 4 members (excludes halogenated alkanes) is 1. The number of hydrogen-bond donors (Lipinski definition) is 2. The number of aliphatic hydroxyl groups excluding tert-OH is 1. The van der Waals surface area contributed by atoms with Crippen LogP contribution in [0.2, 0.25) is 0 Å². The maximum atomic E-state index is 12.8. The minimum absolute atomic E-state index is 0.103. The summed E-state index contributed by atoms with van der Waals surface area (Å²) in [5.74, 6) is -0.309. The maximum Gasteiger partial charge on any atom is 0.325 e. The minimum atomic E-state index is -1.03. The Bertz CT molecular complexity index is 593. The Hall–Kier alpha value is -2.15. The van der Waals surface area contributed by atoms with Crippen molar-refractivity contribution in [2.45, 2.75) is 44.8 Å². The number of benzene rings is 1. The van der Waals surface area contributed by atoms with Crippen molar-refractivity contribution in [1.29, 1.82) is 0 Å². The van der Waals surface area contributed by atoms with Gasteiger partial charge in [-0.25, -0.2) is 9.18 Å². The van der Waals surface area contributed by atoms with Gasteiger partial charge in [0.15, 0.2) is 0 Å². The van der Waals surface area contributed by atoms with Gasteiger partial charge in [0, 0.05) is 0 Å². The van der Waals surface area contributed by atoms with Gasteiger partial charge in [-0.1, -0.05) is 19.8 Å². The van der Waals surface area contributed by atoms with E-state index in [1.54, 1.807) is 6.92 Å². The molecule has 6 nitrogen and oxygen atoms in total. The van der Waals surface area contributed by atoms with Gasteiger partial charge in [-0.2, -0.15) is 0 Å². The van der Waals surface area contributed by atoms with Crippen molar-refractivity contribution in [3.8, 4) is 5.75 Å². The van der Waals surface area contributed by atoms with Gasteiger partial charge in [-0.05, 0) is 37.6 Å². The summed E-state index contributed by atoms with van der Waals surface area (Å²) in [7, 11) is 0. The number of carbonyl (C=O) groups excluding carboxylic acids is 2. The van der Waals surface area contributed by atoms with Gasteiger partial charge < -0.3 is 15.2 Å². The molecular formula is C17H23FN2O4. The standard InChI is InChI=1S/C17H23FN2O4/c1-3-4-9-17(2)15(22)20(16(23)19-17)10-13(21)11-24-14-7-5-12(18)6-8-14/h5-8,13,21H,3-4,9-11H2,1-2H3,(H,19,23). The number of nitrogens with one attached hydrogen (secondary N) is 1. The number of imide groups is 1. The molecule has 0 spiro atoms. The van der Waals surface area contributed by atoms with Crippen LogP contribution in [0, 0.1) is 5.82 Å². The van der Waals surface area contributed by atoms with E-state index in [2.05, 4.69) is 5.32 Å². The third-order valence-corrected chi connectivity index (χ3v) is 4.02. The SMILES string of the molecule is CCCCC1(C)NC(=O)N(CC(O)COc2ccc(F)cc2)C1=O. The zero-order valence-electron chi connectivity index (χ0n) is 13.9. The van der Waals surface area contributed by atoms with E-state index in [4.69, 9.17) is 4.74 Å². The van der Waals surface area contributed by atoms with Crippen LogP contribution >= 0.6 is 0 Å². The lowest BCUT2D eigenvalue weighted by molar-refractivity contribution is -0.132. The van der Waals surface area contributed by atoms with E-state index >= 15 is 0 Å². The Balaban J connectivity index is 1.88. The number of amides is 3. The molecule has 1 fully saturated rings. The molecule has 7 heteroatoms. The molecule has 1 saturated heterocycles. The summed E-state index contributed by atoms with van der Waals surface area (Å²) in [6.07, 6.45) is 1.28. The van der Waals surface area contributed by atoms with Gasteiger partial charge in [-0.3, -0.25) is 9.69 Å². The Morgan fingerprint density at radius 3 is 2.62 bits per heavy atom. The van der Waals surface area contributed by atoms with Crippen LogP contribution in [0.1, 0.15) is 33.1 Å². The summed E-state index contributed by atoms with van der Waals surface area (Å²) in [4.78, 5) is 25.5. The third-order valence-electron chi connectivity index (χ3n) is 4.02. The molecule has 2 unspecified atom stereocenters. The number of ether oxygens (including phenoxy) is 1.